The number of benzene rings is 2. The van der Waals surface area contributed by atoms with Crippen molar-refractivity contribution in [3.8, 4) is 5.75 Å². The number of para-hydroxylation sites is 1. The molecule has 0 saturated carbocycles. The van der Waals surface area contributed by atoms with E-state index in [0.29, 0.717) is 19.0 Å². The number of ether oxygens (including phenoxy) is 1. The highest BCUT2D eigenvalue weighted by Crippen LogP contribution is 2.19. The Bertz CT molecular complexity index is 875. The Morgan fingerprint density at radius 1 is 1.15 bits per heavy atom. The molecule has 26 heavy (non-hydrogen) atoms. The molecule has 0 radical (unpaired) electrons. The van der Waals surface area contributed by atoms with E-state index in [-0.39, 0.29) is 12.5 Å². The highest BCUT2D eigenvalue weighted by Gasteiger charge is 2.09. The number of hydrogen-bond acceptors (Lipinski definition) is 4. The summed E-state index contributed by atoms with van der Waals surface area (Å²) in [6, 6.07) is 19.4. The molecule has 0 atom stereocenters. The van der Waals surface area contributed by atoms with Gasteiger partial charge in [-0.3, -0.25) is 4.79 Å². The van der Waals surface area contributed by atoms with Crippen LogP contribution in [0.5, 0.6) is 5.75 Å². The monoisotopic (exact) mass is 350 g/mol. The first-order chi connectivity index (χ1) is 12.6. The van der Waals surface area contributed by atoms with E-state index in [1.165, 1.54) is 4.68 Å². The van der Waals surface area contributed by atoms with Crippen LogP contribution in [0.2, 0.25) is 0 Å². The minimum Gasteiger partial charge on any atom is -0.489 e. The number of nitrogens with zero attached hydrogens (tertiary/aromatic N) is 2. The average Bonchev–Trinajstić information content (AvgIpc) is 2.96. The van der Waals surface area contributed by atoms with Crippen LogP contribution in [0.15, 0.2) is 60.7 Å². The van der Waals surface area contributed by atoms with Gasteiger partial charge in [0.1, 0.15) is 24.7 Å². The zero-order chi connectivity index (χ0) is 18.4. The predicted octanol–water partition coefficient (Wildman–Crippen LogP) is 2.67. The van der Waals surface area contributed by atoms with Crippen molar-refractivity contribution in [2.24, 2.45) is 0 Å². The molecule has 3 rings (SSSR count). The first kappa shape index (κ1) is 17.5. The van der Waals surface area contributed by atoms with Crippen LogP contribution in [-0.4, -0.2) is 15.7 Å². The summed E-state index contributed by atoms with van der Waals surface area (Å²) in [5.41, 5.74) is 8.61. The van der Waals surface area contributed by atoms with Gasteiger partial charge in [-0.1, -0.05) is 48.5 Å². The van der Waals surface area contributed by atoms with Crippen molar-refractivity contribution < 1.29 is 9.53 Å². The number of nitrogen functional groups attached to an aromatic ring is 1. The maximum absolute atomic E-state index is 12.2. The molecule has 0 aliphatic rings. The largest absolute Gasteiger partial charge is 0.489 e. The minimum atomic E-state index is -0.155. The Morgan fingerprint density at radius 3 is 2.62 bits per heavy atom. The summed E-state index contributed by atoms with van der Waals surface area (Å²) in [6.45, 7) is 2.79. The summed E-state index contributed by atoms with van der Waals surface area (Å²) in [4.78, 5) is 12.2. The van der Waals surface area contributed by atoms with Crippen molar-refractivity contribution in [1.29, 1.82) is 0 Å². The van der Waals surface area contributed by atoms with Crippen LogP contribution in [0, 0.1) is 6.92 Å². The van der Waals surface area contributed by atoms with E-state index in [0.717, 1.165) is 22.6 Å². The highest BCUT2D eigenvalue weighted by atomic mass is 16.5. The number of rotatable bonds is 7. The zero-order valence-electron chi connectivity index (χ0n) is 14.7. The third-order valence-electron chi connectivity index (χ3n) is 3.91. The lowest BCUT2D eigenvalue weighted by molar-refractivity contribution is -0.122. The number of carbonyl (C=O) groups is 1. The van der Waals surface area contributed by atoms with Crippen LogP contribution in [0.4, 0.5) is 5.82 Å². The third-order valence-corrected chi connectivity index (χ3v) is 3.91. The van der Waals surface area contributed by atoms with Gasteiger partial charge >= 0.3 is 0 Å². The summed E-state index contributed by atoms with van der Waals surface area (Å²) in [7, 11) is 0. The molecular weight excluding hydrogens is 328 g/mol. The van der Waals surface area contributed by atoms with Crippen molar-refractivity contribution in [2.45, 2.75) is 26.6 Å². The van der Waals surface area contributed by atoms with E-state index in [9.17, 15) is 4.79 Å². The number of carbonyl (C=O) groups excluding carboxylic acids is 1. The highest BCUT2D eigenvalue weighted by molar-refractivity contribution is 5.76. The van der Waals surface area contributed by atoms with Crippen molar-refractivity contribution in [3.63, 3.8) is 0 Å². The van der Waals surface area contributed by atoms with E-state index in [4.69, 9.17) is 10.5 Å². The zero-order valence-corrected chi connectivity index (χ0v) is 14.7. The molecule has 3 aromatic rings. The molecular formula is C20H22N4O2. The molecule has 1 aromatic heterocycles. The topological polar surface area (TPSA) is 82.2 Å². The van der Waals surface area contributed by atoms with Crippen LogP contribution < -0.4 is 15.8 Å². The van der Waals surface area contributed by atoms with Crippen LogP contribution >= 0.6 is 0 Å². The molecule has 0 fully saturated rings. The van der Waals surface area contributed by atoms with E-state index in [2.05, 4.69) is 10.4 Å². The first-order valence-electron chi connectivity index (χ1n) is 8.43. The van der Waals surface area contributed by atoms with Gasteiger partial charge in [-0.2, -0.15) is 5.10 Å². The number of nitrogens with one attached hydrogen (secondary N) is 1. The fourth-order valence-electron chi connectivity index (χ4n) is 2.60. The Labute approximate surface area is 152 Å². The second-order valence-corrected chi connectivity index (χ2v) is 6.03. The molecule has 1 heterocycles. The molecule has 0 aliphatic carbocycles. The number of aromatic nitrogens is 2. The van der Waals surface area contributed by atoms with E-state index < -0.39 is 0 Å². The summed E-state index contributed by atoms with van der Waals surface area (Å²) >= 11 is 0. The van der Waals surface area contributed by atoms with Gasteiger partial charge in [0.05, 0.1) is 5.69 Å². The maximum atomic E-state index is 12.2. The third kappa shape index (κ3) is 4.63. The number of nitrogens with two attached hydrogens (primary N) is 1. The molecule has 0 aliphatic heterocycles. The maximum Gasteiger partial charge on any atom is 0.242 e. The minimum absolute atomic E-state index is 0.0900. The summed E-state index contributed by atoms with van der Waals surface area (Å²) < 4.78 is 7.40. The predicted molar refractivity (Wildman–Crippen MR) is 100 cm³/mol. The van der Waals surface area contributed by atoms with Crippen molar-refractivity contribution in [2.75, 3.05) is 5.73 Å². The van der Waals surface area contributed by atoms with Gasteiger partial charge in [0, 0.05) is 18.2 Å². The number of aryl methyl sites for hydroxylation is 1. The fourth-order valence-corrected chi connectivity index (χ4v) is 2.60. The number of amides is 1. The number of hydrogen-bond donors (Lipinski definition) is 2. The molecule has 6 nitrogen and oxygen atoms in total. The van der Waals surface area contributed by atoms with Crippen molar-refractivity contribution in [1.82, 2.24) is 15.1 Å². The van der Waals surface area contributed by atoms with Crippen LogP contribution in [-0.2, 0) is 24.5 Å². The second-order valence-electron chi connectivity index (χ2n) is 6.03. The Morgan fingerprint density at radius 2 is 1.88 bits per heavy atom. The van der Waals surface area contributed by atoms with Gasteiger partial charge in [-0.25, -0.2) is 4.68 Å². The van der Waals surface area contributed by atoms with Gasteiger partial charge in [0.25, 0.3) is 0 Å². The smallest absolute Gasteiger partial charge is 0.242 e. The fraction of sp³-hybridized carbons (Fsp3) is 0.200. The normalized spacial score (nSPS) is 10.5. The van der Waals surface area contributed by atoms with Crippen LogP contribution in [0.25, 0.3) is 0 Å². The molecule has 0 unspecified atom stereocenters. The molecule has 6 heteroatoms. The molecule has 3 N–H and O–H groups in total. The van der Waals surface area contributed by atoms with Gasteiger partial charge in [0.2, 0.25) is 5.91 Å². The van der Waals surface area contributed by atoms with Crippen LogP contribution in [0.3, 0.4) is 0 Å². The molecule has 0 saturated heterocycles. The van der Waals surface area contributed by atoms with Crippen molar-refractivity contribution in [3.05, 3.63) is 77.5 Å². The Balaban J connectivity index is 1.57. The molecule has 0 spiro atoms. The Kier molecular flexibility index (Phi) is 5.53. The summed E-state index contributed by atoms with van der Waals surface area (Å²) in [5, 5.41) is 7.08. The second kappa shape index (κ2) is 8.20. The summed E-state index contributed by atoms with van der Waals surface area (Å²) in [5.74, 6) is 1.08. The van der Waals surface area contributed by atoms with Gasteiger partial charge < -0.3 is 15.8 Å². The average molecular weight is 350 g/mol. The van der Waals surface area contributed by atoms with Gasteiger partial charge in [0.15, 0.2) is 0 Å². The quantitative estimate of drug-likeness (QED) is 0.686. The SMILES string of the molecule is Cc1cc(N)n(CC(=O)NCc2ccccc2OCc2ccccc2)n1. The number of anilines is 1. The van der Waals surface area contributed by atoms with Crippen molar-refractivity contribution >= 4 is 11.7 Å². The molecule has 2 aromatic carbocycles. The molecule has 1 amide bonds. The lowest BCUT2D eigenvalue weighted by atomic mass is 10.2. The molecule has 134 valence electrons. The van der Waals surface area contributed by atoms with Gasteiger partial charge in [-0.05, 0) is 18.6 Å². The lowest BCUT2D eigenvalue weighted by Gasteiger charge is -2.12. The first-order valence-corrected chi connectivity index (χ1v) is 8.43. The lowest BCUT2D eigenvalue weighted by Crippen LogP contribution is -2.28. The van der Waals surface area contributed by atoms with E-state index in [1.54, 1.807) is 6.07 Å². The van der Waals surface area contributed by atoms with Gasteiger partial charge in [-0.15, -0.1) is 0 Å². The standard InChI is InChI=1S/C20H22N4O2/c1-15-11-19(21)24(23-15)13-20(25)22-12-17-9-5-6-10-18(17)26-14-16-7-3-2-4-8-16/h2-11H,12-14,21H2,1H3,(H,22,25). The molecule has 0 bridgehead atoms. The Hall–Kier alpha value is -3.28. The van der Waals surface area contributed by atoms with Crippen LogP contribution in [0.1, 0.15) is 16.8 Å². The summed E-state index contributed by atoms with van der Waals surface area (Å²) in [6.07, 6.45) is 0. The van der Waals surface area contributed by atoms with E-state index in [1.807, 2.05) is 61.5 Å². The van der Waals surface area contributed by atoms with E-state index >= 15 is 0 Å².